The first-order valence-corrected chi connectivity index (χ1v) is 9.06. The third-order valence-corrected chi connectivity index (χ3v) is 6.17. The van der Waals surface area contributed by atoms with Crippen molar-refractivity contribution in [1.29, 1.82) is 0 Å². The molecule has 2 heteroatoms. The van der Waals surface area contributed by atoms with Gasteiger partial charge in [-0.05, 0) is 50.6 Å². The normalized spacial score (nSPS) is 26.7. The van der Waals surface area contributed by atoms with Crippen molar-refractivity contribution in [2.75, 3.05) is 6.54 Å². The van der Waals surface area contributed by atoms with E-state index in [9.17, 15) is 0 Å². The quantitative estimate of drug-likeness (QED) is 0.851. The van der Waals surface area contributed by atoms with Crippen LogP contribution in [-0.2, 0) is 5.75 Å². The lowest BCUT2D eigenvalue weighted by molar-refractivity contribution is 0.283. The molecule has 0 heterocycles. The third kappa shape index (κ3) is 4.26. The summed E-state index contributed by atoms with van der Waals surface area (Å²) < 4.78 is 0. The second-order valence-electron chi connectivity index (χ2n) is 6.43. The molecule has 0 spiro atoms. The van der Waals surface area contributed by atoms with Crippen LogP contribution in [0.5, 0.6) is 0 Å². The summed E-state index contributed by atoms with van der Waals surface area (Å²) in [6, 6.07) is 6.92. The molecule has 2 N–H and O–H groups in total. The van der Waals surface area contributed by atoms with Crippen LogP contribution in [0.2, 0.25) is 0 Å². The first kappa shape index (κ1) is 15.9. The van der Waals surface area contributed by atoms with Crippen LogP contribution in [0.15, 0.2) is 18.2 Å². The van der Waals surface area contributed by atoms with Crippen LogP contribution in [0.1, 0.15) is 49.3 Å². The van der Waals surface area contributed by atoms with E-state index in [-0.39, 0.29) is 0 Å². The van der Waals surface area contributed by atoms with E-state index in [2.05, 4.69) is 50.7 Å². The number of rotatable bonds is 5. The fourth-order valence-corrected chi connectivity index (χ4v) is 4.98. The van der Waals surface area contributed by atoms with Crippen LogP contribution in [0.4, 0.5) is 0 Å². The summed E-state index contributed by atoms with van der Waals surface area (Å²) in [4.78, 5) is 0. The predicted molar refractivity (Wildman–Crippen MR) is 91.2 cm³/mol. The van der Waals surface area contributed by atoms with Gasteiger partial charge in [0, 0.05) is 11.0 Å². The SMILES string of the molecule is CCC1CCC(CN)C(SCc2cc(C)cc(C)c2)C1. The molecule has 20 heavy (non-hydrogen) atoms. The van der Waals surface area contributed by atoms with E-state index >= 15 is 0 Å². The molecule has 1 saturated carbocycles. The molecule has 2 rings (SSSR count). The zero-order valence-electron chi connectivity index (χ0n) is 13.2. The Labute approximate surface area is 128 Å². The minimum atomic E-state index is 0.730. The van der Waals surface area contributed by atoms with Gasteiger partial charge in [-0.3, -0.25) is 0 Å². The minimum absolute atomic E-state index is 0.730. The fraction of sp³-hybridized carbons (Fsp3) is 0.667. The lowest BCUT2D eigenvalue weighted by atomic mass is 9.80. The van der Waals surface area contributed by atoms with Crippen LogP contribution < -0.4 is 5.73 Å². The van der Waals surface area contributed by atoms with Gasteiger partial charge < -0.3 is 5.73 Å². The Morgan fingerprint density at radius 2 is 1.85 bits per heavy atom. The molecular weight excluding hydrogens is 262 g/mol. The maximum atomic E-state index is 5.98. The van der Waals surface area contributed by atoms with Gasteiger partial charge in [-0.1, -0.05) is 49.1 Å². The largest absolute Gasteiger partial charge is 0.330 e. The lowest BCUT2D eigenvalue weighted by Crippen LogP contribution is -2.32. The van der Waals surface area contributed by atoms with Gasteiger partial charge in [0.15, 0.2) is 0 Å². The second kappa shape index (κ2) is 7.51. The Bertz CT molecular complexity index is 409. The summed E-state index contributed by atoms with van der Waals surface area (Å²) in [6.45, 7) is 7.58. The van der Waals surface area contributed by atoms with Gasteiger partial charge in [0.1, 0.15) is 0 Å². The molecule has 0 amide bonds. The molecular formula is C18H29NS. The Hall–Kier alpha value is -0.470. The molecule has 3 atom stereocenters. The standard InChI is InChI=1S/C18H29NS/c1-4-15-5-6-17(11-19)18(10-15)20-12-16-8-13(2)7-14(3)9-16/h7-9,15,17-18H,4-6,10-12,19H2,1-3H3. The van der Waals surface area contributed by atoms with Crippen molar-refractivity contribution >= 4 is 11.8 Å². The van der Waals surface area contributed by atoms with Crippen LogP contribution in [0.3, 0.4) is 0 Å². The zero-order valence-corrected chi connectivity index (χ0v) is 14.0. The number of thioether (sulfide) groups is 1. The van der Waals surface area contributed by atoms with Gasteiger partial charge in [0.25, 0.3) is 0 Å². The molecule has 0 radical (unpaired) electrons. The van der Waals surface area contributed by atoms with E-state index < -0.39 is 0 Å². The molecule has 1 aromatic rings. The van der Waals surface area contributed by atoms with Crippen molar-refractivity contribution < 1.29 is 0 Å². The highest BCUT2D eigenvalue weighted by Gasteiger charge is 2.29. The molecule has 1 fully saturated rings. The Balaban J connectivity index is 1.96. The predicted octanol–water partition coefficient (Wildman–Crippen LogP) is 4.69. The monoisotopic (exact) mass is 291 g/mol. The van der Waals surface area contributed by atoms with Crippen molar-refractivity contribution in [1.82, 2.24) is 0 Å². The molecule has 3 unspecified atom stereocenters. The molecule has 0 saturated heterocycles. The van der Waals surface area contributed by atoms with Crippen molar-refractivity contribution in [2.45, 2.75) is 57.5 Å². The van der Waals surface area contributed by atoms with E-state index in [1.807, 2.05) is 0 Å². The Morgan fingerprint density at radius 1 is 1.15 bits per heavy atom. The first-order chi connectivity index (χ1) is 9.62. The summed E-state index contributed by atoms with van der Waals surface area (Å²) >= 11 is 2.14. The van der Waals surface area contributed by atoms with Gasteiger partial charge in [-0.15, -0.1) is 0 Å². The Morgan fingerprint density at radius 3 is 2.45 bits per heavy atom. The summed E-state index contributed by atoms with van der Waals surface area (Å²) in [7, 11) is 0. The van der Waals surface area contributed by atoms with Gasteiger partial charge in [-0.2, -0.15) is 11.8 Å². The average molecular weight is 292 g/mol. The van der Waals surface area contributed by atoms with E-state index in [1.54, 1.807) is 0 Å². The minimum Gasteiger partial charge on any atom is -0.330 e. The highest BCUT2D eigenvalue weighted by Crippen LogP contribution is 2.38. The molecule has 1 aliphatic carbocycles. The van der Waals surface area contributed by atoms with Crippen molar-refractivity contribution in [3.8, 4) is 0 Å². The fourth-order valence-electron chi connectivity index (χ4n) is 3.47. The maximum Gasteiger partial charge on any atom is 0.0187 e. The molecule has 112 valence electrons. The van der Waals surface area contributed by atoms with Crippen LogP contribution in [0, 0.1) is 25.7 Å². The maximum absolute atomic E-state index is 5.98. The van der Waals surface area contributed by atoms with Crippen molar-refractivity contribution in [3.05, 3.63) is 34.9 Å². The number of aryl methyl sites for hydroxylation is 2. The van der Waals surface area contributed by atoms with E-state index in [0.29, 0.717) is 0 Å². The summed E-state index contributed by atoms with van der Waals surface area (Å²) in [5.74, 6) is 2.79. The van der Waals surface area contributed by atoms with Crippen LogP contribution in [0.25, 0.3) is 0 Å². The Kier molecular flexibility index (Phi) is 5.98. The molecule has 0 aromatic heterocycles. The van der Waals surface area contributed by atoms with Crippen molar-refractivity contribution in [2.24, 2.45) is 17.6 Å². The zero-order chi connectivity index (χ0) is 14.5. The topological polar surface area (TPSA) is 26.0 Å². The summed E-state index contributed by atoms with van der Waals surface area (Å²) in [5, 5.41) is 0.763. The number of benzene rings is 1. The third-order valence-electron chi connectivity index (χ3n) is 4.66. The number of hydrogen-bond donors (Lipinski definition) is 1. The molecule has 1 nitrogen and oxygen atoms in total. The summed E-state index contributed by atoms with van der Waals surface area (Å²) in [6.07, 6.45) is 5.42. The summed E-state index contributed by atoms with van der Waals surface area (Å²) in [5.41, 5.74) is 10.2. The molecule has 1 aliphatic rings. The van der Waals surface area contributed by atoms with Crippen LogP contribution >= 0.6 is 11.8 Å². The molecule has 0 aliphatic heterocycles. The highest BCUT2D eigenvalue weighted by molar-refractivity contribution is 7.99. The van der Waals surface area contributed by atoms with Gasteiger partial charge in [-0.25, -0.2) is 0 Å². The van der Waals surface area contributed by atoms with E-state index in [4.69, 9.17) is 5.73 Å². The second-order valence-corrected chi connectivity index (χ2v) is 7.66. The van der Waals surface area contributed by atoms with Gasteiger partial charge in [0.05, 0.1) is 0 Å². The lowest BCUT2D eigenvalue weighted by Gasteiger charge is -2.35. The highest BCUT2D eigenvalue weighted by atomic mass is 32.2. The van der Waals surface area contributed by atoms with Gasteiger partial charge in [0.2, 0.25) is 0 Å². The average Bonchev–Trinajstić information content (AvgIpc) is 2.43. The van der Waals surface area contributed by atoms with Crippen molar-refractivity contribution in [3.63, 3.8) is 0 Å². The first-order valence-electron chi connectivity index (χ1n) is 8.01. The number of hydrogen-bond acceptors (Lipinski definition) is 2. The van der Waals surface area contributed by atoms with Gasteiger partial charge >= 0.3 is 0 Å². The molecule has 0 bridgehead atoms. The molecule has 1 aromatic carbocycles. The van der Waals surface area contributed by atoms with Crippen LogP contribution in [-0.4, -0.2) is 11.8 Å². The van der Waals surface area contributed by atoms with E-state index in [1.165, 1.54) is 42.4 Å². The number of nitrogens with two attached hydrogens (primary N) is 1. The smallest absolute Gasteiger partial charge is 0.0187 e. The van der Waals surface area contributed by atoms with E-state index in [0.717, 1.165) is 29.4 Å².